The van der Waals surface area contributed by atoms with Crippen molar-refractivity contribution in [2.45, 2.75) is 45.4 Å². The van der Waals surface area contributed by atoms with Crippen LogP contribution < -0.4 is 10.6 Å². The van der Waals surface area contributed by atoms with Crippen molar-refractivity contribution in [2.75, 3.05) is 26.2 Å². The maximum Gasteiger partial charge on any atom is 0.223 e. The number of carbonyl (C=O) groups is 1. The SMILES string of the molecule is CCCC(CCO)CNC(=O)C1CC12CCNCC2. The Morgan fingerprint density at radius 3 is 2.79 bits per heavy atom. The number of carbonyl (C=O) groups excluding carboxylic acids is 1. The molecular weight excluding hydrogens is 240 g/mol. The van der Waals surface area contributed by atoms with Crippen LogP contribution in [0.5, 0.6) is 0 Å². The molecule has 2 unspecified atom stereocenters. The zero-order valence-corrected chi connectivity index (χ0v) is 12.1. The number of hydrogen-bond donors (Lipinski definition) is 3. The van der Waals surface area contributed by atoms with Crippen LogP contribution in [-0.4, -0.2) is 37.3 Å². The molecule has 0 aromatic heterocycles. The van der Waals surface area contributed by atoms with E-state index in [0.29, 0.717) is 11.3 Å². The van der Waals surface area contributed by atoms with Crippen molar-refractivity contribution in [3.8, 4) is 0 Å². The van der Waals surface area contributed by atoms with E-state index in [-0.39, 0.29) is 18.4 Å². The molecule has 1 saturated carbocycles. The Morgan fingerprint density at radius 1 is 1.42 bits per heavy atom. The lowest BCUT2D eigenvalue weighted by atomic mass is 9.91. The second-order valence-electron chi connectivity index (χ2n) is 6.28. The summed E-state index contributed by atoms with van der Waals surface area (Å²) in [6, 6.07) is 0. The van der Waals surface area contributed by atoms with Gasteiger partial charge >= 0.3 is 0 Å². The van der Waals surface area contributed by atoms with Crippen molar-refractivity contribution in [1.82, 2.24) is 10.6 Å². The lowest BCUT2D eigenvalue weighted by molar-refractivity contribution is -0.123. The second-order valence-corrected chi connectivity index (χ2v) is 6.28. The van der Waals surface area contributed by atoms with E-state index >= 15 is 0 Å². The first-order chi connectivity index (χ1) is 9.22. The molecule has 2 rings (SSSR count). The monoisotopic (exact) mass is 268 g/mol. The molecule has 4 heteroatoms. The Bertz CT molecular complexity index is 295. The Morgan fingerprint density at radius 2 is 2.16 bits per heavy atom. The summed E-state index contributed by atoms with van der Waals surface area (Å²) < 4.78 is 0. The molecule has 1 saturated heterocycles. The number of nitrogens with one attached hydrogen (secondary N) is 2. The minimum atomic E-state index is 0.222. The van der Waals surface area contributed by atoms with Gasteiger partial charge in [-0.05, 0) is 56.5 Å². The van der Waals surface area contributed by atoms with E-state index in [1.807, 2.05) is 0 Å². The summed E-state index contributed by atoms with van der Waals surface area (Å²) >= 11 is 0. The third-order valence-corrected chi connectivity index (χ3v) is 4.90. The van der Waals surface area contributed by atoms with E-state index in [2.05, 4.69) is 17.6 Å². The van der Waals surface area contributed by atoms with Gasteiger partial charge in [-0.15, -0.1) is 0 Å². The van der Waals surface area contributed by atoms with Crippen molar-refractivity contribution < 1.29 is 9.90 Å². The molecule has 110 valence electrons. The first-order valence-corrected chi connectivity index (χ1v) is 7.81. The van der Waals surface area contributed by atoms with Crippen LogP contribution in [0.1, 0.15) is 45.4 Å². The molecule has 0 radical (unpaired) electrons. The molecule has 1 aliphatic carbocycles. The topological polar surface area (TPSA) is 61.4 Å². The smallest absolute Gasteiger partial charge is 0.223 e. The number of piperidine rings is 1. The lowest BCUT2D eigenvalue weighted by Crippen LogP contribution is -2.35. The van der Waals surface area contributed by atoms with Gasteiger partial charge in [0.25, 0.3) is 0 Å². The maximum absolute atomic E-state index is 12.2. The summed E-state index contributed by atoms with van der Waals surface area (Å²) in [4.78, 5) is 12.2. The van der Waals surface area contributed by atoms with Gasteiger partial charge in [0.2, 0.25) is 5.91 Å². The summed E-state index contributed by atoms with van der Waals surface area (Å²) in [5, 5.41) is 15.5. The van der Waals surface area contributed by atoms with Gasteiger partial charge in [0.05, 0.1) is 0 Å². The molecule has 2 aliphatic rings. The Labute approximate surface area is 116 Å². The fraction of sp³-hybridized carbons (Fsp3) is 0.933. The molecule has 1 heterocycles. The second kappa shape index (κ2) is 6.71. The van der Waals surface area contributed by atoms with Crippen LogP contribution in [0, 0.1) is 17.3 Å². The normalized spacial score (nSPS) is 26.1. The fourth-order valence-electron chi connectivity index (χ4n) is 3.50. The number of aliphatic hydroxyl groups is 1. The van der Waals surface area contributed by atoms with Crippen molar-refractivity contribution in [3.05, 3.63) is 0 Å². The molecule has 0 bridgehead atoms. The van der Waals surface area contributed by atoms with Gasteiger partial charge in [-0.2, -0.15) is 0 Å². The average Bonchev–Trinajstić information content (AvgIpc) is 3.10. The highest BCUT2D eigenvalue weighted by Gasteiger charge is 2.57. The molecule has 19 heavy (non-hydrogen) atoms. The van der Waals surface area contributed by atoms with Crippen molar-refractivity contribution in [2.24, 2.45) is 17.3 Å². The molecule has 1 spiro atoms. The third kappa shape index (κ3) is 3.69. The summed E-state index contributed by atoms with van der Waals surface area (Å²) in [7, 11) is 0. The molecule has 0 aromatic carbocycles. The quantitative estimate of drug-likeness (QED) is 0.652. The van der Waals surface area contributed by atoms with Crippen LogP contribution in [0.2, 0.25) is 0 Å². The average molecular weight is 268 g/mol. The van der Waals surface area contributed by atoms with Gasteiger partial charge < -0.3 is 15.7 Å². The molecule has 3 N–H and O–H groups in total. The summed E-state index contributed by atoms with van der Waals surface area (Å²) in [6.07, 6.45) is 6.38. The van der Waals surface area contributed by atoms with Crippen LogP contribution >= 0.6 is 0 Å². The lowest BCUT2D eigenvalue weighted by Gasteiger charge is -2.23. The molecule has 0 aromatic rings. The van der Waals surface area contributed by atoms with Gasteiger partial charge in [0, 0.05) is 19.1 Å². The van der Waals surface area contributed by atoms with Crippen LogP contribution in [-0.2, 0) is 4.79 Å². The standard InChI is InChI=1S/C15H28N2O2/c1-2-3-12(4-9-18)11-17-14(19)13-10-15(13)5-7-16-8-6-15/h12-13,16,18H,2-11H2,1H3,(H,17,19). The van der Waals surface area contributed by atoms with E-state index < -0.39 is 0 Å². The zero-order chi connectivity index (χ0) is 13.7. The Kier molecular flexibility index (Phi) is 5.22. The first-order valence-electron chi connectivity index (χ1n) is 7.81. The Hall–Kier alpha value is -0.610. The zero-order valence-electron chi connectivity index (χ0n) is 12.1. The highest BCUT2D eigenvalue weighted by Crippen LogP contribution is 2.58. The van der Waals surface area contributed by atoms with E-state index in [9.17, 15) is 4.79 Å². The number of rotatable bonds is 7. The van der Waals surface area contributed by atoms with Crippen LogP contribution in [0.25, 0.3) is 0 Å². The summed E-state index contributed by atoms with van der Waals surface area (Å²) in [5.74, 6) is 0.939. The van der Waals surface area contributed by atoms with Crippen LogP contribution in [0.4, 0.5) is 0 Å². The Balaban J connectivity index is 1.72. The minimum absolute atomic E-state index is 0.222. The minimum Gasteiger partial charge on any atom is -0.396 e. The van der Waals surface area contributed by atoms with Crippen LogP contribution in [0.3, 0.4) is 0 Å². The summed E-state index contributed by atoms with van der Waals surface area (Å²) in [6.45, 7) is 5.23. The predicted octanol–water partition coefficient (Wildman–Crippen LogP) is 1.29. The molecule has 4 nitrogen and oxygen atoms in total. The molecule has 2 atom stereocenters. The van der Waals surface area contributed by atoms with Crippen molar-refractivity contribution in [3.63, 3.8) is 0 Å². The highest BCUT2D eigenvalue weighted by molar-refractivity contribution is 5.82. The highest BCUT2D eigenvalue weighted by atomic mass is 16.3. The van der Waals surface area contributed by atoms with Crippen molar-refractivity contribution >= 4 is 5.91 Å². The summed E-state index contributed by atoms with van der Waals surface area (Å²) in [5.41, 5.74) is 0.326. The van der Waals surface area contributed by atoms with Crippen molar-refractivity contribution in [1.29, 1.82) is 0 Å². The fourth-order valence-corrected chi connectivity index (χ4v) is 3.50. The van der Waals surface area contributed by atoms with Gasteiger partial charge in [-0.25, -0.2) is 0 Å². The maximum atomic E-state index is 12.2. The molecule has 1 aliphatic heterocycles. The number of hydrogen-bond acceptors (Lipinski definition) is 3. The number of aliphatic hydroxyl groups excluding tert-OH is 1. The first kappa shape index (κ1) is 14.8. The van der Waals surface area contributed by atoms with Gasteiger partial charge in [0.1, 0.15) is 0 Å². The van der Waals surface area contributed by atoms with Gasteiger partial charge in [-0.3, -0.25) is 4.79 Å². The van der Waals surface area contributed by atoms with E-state index in [1.54, 1.807) is 0 Å². The van der Waals surface area contributed by atoms with E-state index in [4.69, 9.17) is 5.11 Å². The molecule has 2 fully saturated rings. The largest absolute Gasteiger partial charge is 0.396 e. The predicted molar refractivity (Wildman–Crippen MR) is 75.8 cm³/mol. The third-order valence-electron chi connectivity index (χ3n) is 4.90. The van der Waals surface area contributed by atoms with E-state index in [1.165, 1.54) is 0 Å². The van der Waals surface area contributed by atoms with Gasteiger partial charge in [-0.1, -0.05) is 13.3 Å². The molecule has 1 amide bonds. The van der Waals surface area contributed by atoms with Crippen LogP contribution in [0.15, 0.2) is 0 Å². The molecular formula is C15H28N2O2. The van der Waals surface area contributed by atoms with Gasteiger partial charge in [0.15, 0.2) is 0 Å². The van der Waals surface area contributed by atoms with E-state index in [0.717, 1.165) is 58.2 Å². The number of amides is 1.